The Morgan fingerprint density at radius 3 is 2.29 bits per heavy atom. The lowest BCUT2D eigenvalue weighted by molar-refractivity contribution is 0.000121. The van der Waals surface area contributed by atoms with E-state index in [4.69, 9.17) is 14.2 Å². The van der Waals surface area contributed by atoms with Crippen LogP contribution < -0.4 is 4.74 Å². The summed E-state index contributed by atoms with van der Waals surface area (Å²) in [6, 6.07) is 16.1. The van der Waals surface area contributed by atoms with Gasteiger partial charge in [0.15, 0.2) is 0 Å². The fourth-order valence-electron chi connectivity index (χ4n) is 2.68. The summed E-state index contributed by atoms with van der Waals surface area (Å²) >= 11 is 0. The Kier molecular flexibility index (Phi) is 9.05. The molecule has 2 rings (SSSR count). The first-order valence-electron chi connectivity index (χ1n) is 9.82. The third-order valence-electron chi connectivity index (χ3n) is 4.22. The zero-order chi connectivity index (χ0) is 20.2. The second kappa shape index (κ2) is 11.8. The lowest BCUT2D eigenvalue weighted by Gasteiger charge is -2.17. The third-order valence-corrected chi connectivity index (χ3v) is 4.22. The molecule has 1 unspecified atom stereocenters. The Hall–Kier alpha value is -2.82. The molecular formula is C23H28O5. The highest BCUT2D eigenvalue weighted by Crippen LogP contribution is 2.13. The maximum atomic E-state index is 12.4. The molecule has 0 N–H and O–H groups in total. The molecule has 0 aromatic heterocycles. The summed E-state index contributed by atoms with van der Waals surface area (Å²) in [5, 5.41) is 0. The summed E-state index contributed by atoms with van der Waals surface area (Å²) in [6.07, 6.45) is 3.32. The van der Waals surface area contributed by atoms with Crippen molar-refractivity contribution < 1.29 is 23.8 Å². The van der Waals surface area contributed by atoms with Crippen molar-refractivity contribution in [2.24, 2.45) is 0 Å². The van der Waals surface area contributed by atoms with Crippen LogP contribution in [0, 0.1) is 0 Å². The molecular weight excluding hydrogens is 356 g/mol. The summed E-state index contributed by atoms with van der Waals surface area (Å²) in [7, 11) is 0. The van der Waals surface area contributed by atoms with Crippen LogP contribution in [0.3, 0.4) is 0 Å². The number of esters is 1. The highest BCUT2D eigenvalue weighted by molar-refractivity contribution is 5.89. The molecule has 0 aliphatic heterocycles. The van der Waals surface area contributed by atoms with Gasteiger partial charge in [-0.1, -0.05) is 57.0 Å². The standard InChI is InChI=1S/C23H28O5/c1-3-5-10-18-13-15-19(16-14-18)22(24)27-21(9-4-2)17-26-23(25)28-20-11-7-6-8-12-20/h6-8,11-16,21H,3-5,9-10,17H2,1-2H3. The van der Waals surface area contributed by atoms with E-state index >= 15 is 0 Å². The number of benzene rings is 2. The molecule has 150 valence electrons. The average Bonchev–Trinajstić information content (AvgIpc) is 2.71. The number of ether oxygens (including phenoxy) is 3. The maximum Gasteiger partial charge on any atom is 0.513 e. The molecule has 5 heteroatoms. The SMILES string of the molecule is CCCCc1ccc(C(=O)OC(CCC)COC(=O)Oc2ccccc2)cc1. The number of carbonyl (C=O) groups is 2. The van der Waals surface area contributed by atoms with Crippen LogP contribution in [0.15, 0.2) is 54.6 Å². The van der Waals surface area contributed by atoms with E-state index in [1.54, 1.807) is 36.4 Å². The van der Waals surface area contributed by atoms with Gasteiger partial charge in [0.05, 0.1) is 5.56 Å². The van der Waals surface area contributed by atoms with Crippen LogP contribution in [0.1, 0.15) is 55.5 Å². The number of carbonyl (C=O) groups excluding carboxylic acids is 2. The Morgan fingerprint density at radius 1 is 0.929 bits per heavy atom. The predicted octanol–water partition coefficient (Wildman–Crippen LogP) is 5.57. The zero-order valence-corrected chi connectivity index (χ0v) is 16.6. The Morgan fingerprint density at radius 2 is 1.64 bits per heavy atom. The van der Waals surface area contributed by atoms with Gasteiger partial charge in [0.2, 0.25) is 0 Å². The first-order valence-corrected chi connectivity index (χ1v) is 9.82. The molecule has 0 heterocycles. The number of aryl methyl sites for hydroxylation is 1. The summed E-state index contributed by atoms with van der Waals surface area (Å²) in [5.41, 5.74) is 1.70. The lowest BCUT2D eigenvalue weighted by atomic mass is 10.1. The van der Waals surface area contributed by atoms with Gasteiger partial charge in [-0.3, -0.25) is 0 Å². The van der Waals surface area contributed by atoms with Gasteiger partial charge in [0.1, 0.15) is 18.5 Å². The van der Waals surface area contributed by atoms with Gasteiger partial charge in [-0.2, -0.15) is 0 Å². The fourth-order valence-corrected chi connectivity index (χ4v) is 2.68. The van der Waals surface area contributed by atoms with Crippen LogP contribution in [0.25, 0.3) is 0 Å². The first-order chi connectivity index (χ1) is 13.6. The van der Waals surface area contributed by atoms with Crippen molar-refractivity contribution >= 4 is 12.1 Å². The second-order valence-corrected chi connectivity index (χ2v) is 6.59. The van der Waals surface area contributed by atoms with Gasteiger partial charge in [-0.15, -0.1) is 0 Å². The molecule has 1 atom stereocenters. The molecule has 0 fully saturated rings. The minimum absolute atomic E-state index is 0.0418. The normalized spacial score (nSPS) is 11.5. The van der Waals surface area contributed by atoms with E-state index in [1.165, 1.54) is 5.56 Å². The molecule has 0 amide bonds. The lowest BCUT2D eigenvalue weighted by Crippen LogP contribution is -2.26. The van der Waals surface area contributed by atoms with Crippen LogP contribution in [-0.4, -0.2) is 24.8 Å². The van der Waals surface area contributed by atoms with E-state index in [2.05, 4.69) is 6.92 Å². The molecule has 2 aromatic carbocycles. The number of unbranched alkanes of at least 4 members (excludes halogenated alkanes) is 1. The first kappa shape index (κ1) is 21.5. The van der Waals surface area contributed by atoms with Crippen LogP contribution >= 0.6 is 0 Å². The predicted molar refractivity (Wildman–Crippen MR) is 108 cm³/mol. The van der Waals surface area contributed by atoms with Gasteiger partial charge < -0.3 is 14.2 Å². The highest BCUT2D eigenvalue weighted by atomic mass is 16.7. The Balaban J connectivity index is 1.85. The topological polar surface area (TPSA) is 61.8 Å². The quantitative estimate of drug-likeness (QED) is 0.396. The van der Waals surface area contributed by atoms with E-state index in [1.807, 2.05) is 25.1 Å². The van der Waals surface area contributed by atoms with Gasteiger partial charge in [-0.05, 0) is 49.1 Å². The maximum absolute atomic E-state index is 12.4. The molecule has 5 nitrogen and oxygen atoms in total. The van der Waals surface area contributed by atoms with Crippen molar-refractivity contribution in [3.63, 3.8) is 0 Å². The molecule has 0 bridgehead atoms. The van der Waals surface area contributed by atoms with E-state index in [0.29, 0.717) is 17.7 Å². The van der Waals surface area contributed by atoms with Crippen molar-refractivity contribution in [3.8, 4) is 5.75 Å². The van der Waals surface area contributed by atoms with Gasteiger partial charge in [0.25, 0.3) is 0 Å². The van der Waals surface area contributed by atoms with Crippen LogP contribution in [0.4, 0.5) is 4.79 Å². The summed E-state index contributed by atoms with van der Waals surface area (Å²) in [5.74, 6) is -0.0137. The minimum Gasteiger partial charge on any atom is -0.455 e. The zero-order valence-electron chi connectivity index (χ0n) is 16.6. The molecule has 0 saturated carbocycles. The summed E-state index contributed by atoms with van der Waals surface area (Å²) in [6.45, 7) is 4.09. The average molecular weight is 384 g/mol. The largest absolute Gasteiger partial charge is 0.513 e. The fraction of sp³-hybridized carbons (Fsp3) is 0.391. The molecule has 0 aliphatic carbocycles. The van der Waals surface area contributed by atoms with E-state index in [-0.39, 0.29) is 6.61 Å². The van der Waals surface area contributed by atoms with Crippen molar-refractivity contribution in [2.45, 2.75) is 52.1 Å². The Labute approximate surface area is 166 Å². The number of hydrogen-bond donors (Lipinski definition) is 0. The van der Waals surface area contributed by atoms with Crippen molar-refractivity contribution in [1.82, 2.24) is 0 Å². The molecule has 0 saturated heterocycles. The Bertz CT molecular complexity index is 724. The number of hydrogen-bond acceptors (Lipinski definition) is 5. The van der Waals surface area contributed by atoms with E-state index in [0.717, 1.165) is 25.7 Å². The van der Waals surface area contributed by atoms with Crippen LogP contribution in [0.5, 0.6) is 5.75 Å². The van der Waals surface area contributed by atoms with Crippen molar-refractivity contribution in [3.05, 3.63) is 65.7 Å². The number of rotatable bonds is 10. The van der Waals surface area contributed by atoms with Gasteiger partial charge >= 0.3 is 12.1 Å². The summed E-state index contributed by atoms with van der Waals surface area (Å²) < 4.78 is 15.7. The molecule has 2 aromatic rings. The van der Waals surface area contributed by atoms with E-state index < -0.39 is 18.2 Å². The van der Waals surface area contributed by atoms with Gasteiger partial charge in [-0.25, -0.2) is 9.59 Å². The smallest absolute Gasteiger partial charge is 0.455 e. The monoisotopic (exact) mass is 384 g/mol. The van der Waals surface area contributed by atoms with E-state index in [9.17, 15) is 9.59 Å². The molecule has 0 aliphatic rings. The van der Waals surface area contributed by atoms with Gasteiger partial charge in [0, 0.05) is 0 Å². The van der Waals surface area contributed by atoms with Crippen LogP contribution in [-0.2, 0) is 15.9 Å². The minimum atomic E-state index is -0.816. The van der Waals surface area contributed by atoms with Crippen molar-refractivity contribution in [1.29, 1.82) is 0 Å². The molecule has 0 radical (unpaired) electrons. The number of para-hydroxylation sites is 1. The highest BCUT2D eigenvalue weighted by Gasteiger charge is 2.18. The van der Waals surface area contributed by atoms with Crippen molar-refractivity contribution in [2.75, 3.05) is 6.61 Å². The molecule has 0 spiro atoms. The van der Waals surface area contributed by atoms with Crippen LogP contribution in [0.2, 0.25) is 0 Å². The summed E-state index contributed by atoms with van der Waals surface area (Å²) in [4.78, 5) is 24.2. The molecule has 28 heavy (non-hydrogen) atoms. The third kappa shape index (κ3) is 7.43. The second-order valence-electron chi connectivity index (χ2n) is 6.59.